The minimum Gasteiger partial charge on any atom is -0.0654 e. The lowest BCUT2D eigenvalue weighted by atomic mass is 9.68. The minimum absolute atomic E-state index is 0.997. The lowest BCUT2D eigenvalue weighted by Crippen LogP contribution is -2.26. The first-order valence-corrected chi connectivity index (χ1v) is 12.9. The van der Waals surface area contributed by atoms with E-state index in [1.54, 1.807) is 31.2 Å². The summed E-state index contributed by atoms with van der Waals surface area (Å²) in [6.45, 7) is 4.62. The van der Waals surface area contributed by atoms with Crippen molar-refractivity contribution in [2.75, 3.05) is 0 Å². The zero-order valence-corrected chi connectivity index (χ0v) is 18.9. The third-order valence-electron chi connectivity index (χ3n) is 8.10. The van der Waals surface area contributed by atoms with Crippen LogP contribution in [-0.2, 0) is 12.8 Å². The number of benzene rings is 1. The second kappa shape index (κ2) is 12.0. The Bertz CT molecular complexity index is 511. The summed E-state index contributed by atoms with van der Waals surface area (Å²) in [5.41, 5.74) is 3.09. The molecule has 0 unspecified atom stereocenters. The molecule has 158 valence electrons. The SMILES string of the molecule is CCCCc1ccc(CCC2CCC(C3CCC(CCCC)CC3)CC2)cc1. The van der Waals surface area contributed by atoms with Gasteiger partial charge in [-0.15, -0.1) is 0 Å². The number of aryl methyl sites for hydroxylation is 2. The summed E-state index contributed by atoms with van der Waals surface area (Å²) >= 11 is 0. The highest BCUT2D eigenvalue weighted by Crippen LogP contribution is 2.43. The summed E-state index contributed by atoms with van der Waals surface area (Å²) in [7, 11) is 0. The molecule has 28 heavy (non-hydrogen) atoms. The Labute approximate surface area is 175 Å². The van der Waals surface area contributed by atoms with E-state index in [1.165, 1.54) is 82.6 Å². The van der Waals surface area contributed by atoms with Crippen LogP contribution in [0.25, 0.3) is 0 Å². The van der Waals surface area contributed by atoms with Crippen LogP contribution in [0.5, 0.6) is 0 Å². The van der Waals surface area contributed by atoms with Crippen LogP contribution in [0.3, 0.4) is 0 Å². The highest BCUT2D eigenvalue weighted by atomic mass is 14.4. The Morgan fingerprint density at radius 3 is 1.54 bits per heavy atom. The molecule has 1 aromatic carbocycles. The second-order valence-corrected chi connectivity index (χ2v) is 10.2. The predicted octanol–water partition coefficient (Wildman–Crippen LogP) is 8.76. The quantitative estimate of drug-likeness (QED) is 0.379. The van der Waals surface area contributed by atoms with Gasteiger partial charge in [-0.3, -0.25) is 0 Å². The number of hydrogen-bond donors (Lipinski definition) is 0. The van der Waals surface area contributed by atoms with Crippen molar-refractivity contribution in [3.63, 3.8) is 0 Å². The van der Waals surface area contributed by atoms with Gasteiger partial charge < -0.3 is 0 Å². The van der Waals surface area contributed by atoms with Crippen molar-refractivity contribution in [1.29, 1.82) is 0 Å². The molecule has 0 N–H and O–H groups in total. The van der Waals surface area contributed by atoms with Crippen LogP contribution in [-0.4, -0.2) is 0 Å². The van der Waals surface area contributed by atoms with E-state index >= 15 is 0 Å². The van der Waals surface area contributed by atoms with Gasteiger partial charge in [-0.2, -0.15) is 0 Å². The van der Waals surface area contributed by atoms with E-state index in [1.807, 2.05) is 0 Å². The van der Waals surface area contributed by atoms with Gasteiger partial charge in [0.25, 0.3) is 0 Å². The second-order valence-electron chi connectivity index (χ2n) is 10.2. The molecule has 0 nitrogen and oxygen atoms in total. The van der Waals surface area contributed by atoms with Gasteiger partial charge in [0.1, 0.15) is 0 Å². The maximum atomic E-state index is 2.40. The van der Waals surface area contributed by atoms with E-state index in [0.29, 0.717) is 0 Å². The van der Waals surface area contributed by atoms with E-state index in [9.17, 15) is 0 Å². The minimum atomic E-state index is 0.997. The summed E-state index contributed by atoms with van der Waals surface area (Å²) in [6.07, 6.45) is 23.2. The van der Waals surface area contributed by atoms with Crippen molar-refractivity contribution >= 4 is 0 Å². The molecule has 2 aliphatic carbocycles. The molecule has 0 heteroatoms. The Hall–Kier alpha value is -0.780. The summed E-state index contributed by atoms with van der Waals surface area (Å²) in [4.78, 5) is 0. The average Bonchev–Trinajstić information content (AvgIpc) is 2.76. The number of unbranched alkanes of at least 4 members (excludes halogenated alkanes) is 2. The van der Waals surface area contributed by atoms with E-state index in [4.69, 9.17) is 0 Å². The molecule has 2 aliphatic rings. The van der Waals surface area contributed by atoms with Gasteiger partial charge in [-0.05, 0) is 86.2 Å². The van der Waals surface area contributed by atoms with Gasteiger partial charge in [0, 0.05) is 0 Å². The first-order valence-electron chi connectivity index (χ1n) is 12.9. The standard InChI is InChI=1S/C28H46/c1-3-5-7-23-9-11-25(12-10-23)13-14-26-17-21-28(22-18-26)27-19-15-24(16-20-27)8-6-4-2/h9-12,24,26-28H,3-8,13-22H2,1-2H3. The summed E-state index contributed by atoms with van der Waals surface area (Å²) in [6, 6.07) is 9.54. The molecule has 0 aliphatic heterocycles. The van der Waals surface area contributed by atoms with Crippen LogP contribution in [0.4, 0.5) is 0 Å². The van der Waals surface area contributed by atoms with Crippen molar-refractivity contribution < 1.29 is 0 Å². The Morgan fingerprint density at radius 2 is 1.04 bits per heavy atom. The van der Waals surface area contributed by atoms with E-state index < -0.39 is 0 Å². The fourth-order valence-electron chi connectivity index (χ4n) is 6.01. The molecule has 2 saturated carbocycles. The zero-order valence-electron chi connectivity index (χ0n) is 18.9. The van der Waals surface area contributed by atoms with Crippen molar-refractivity contribution in [1.82, 2.24) is 0 Å². The summed E-state index contributed by atoms with van der Waals surface area (Å²) in [5.74, 6) is 4.22. The monoisotopic (exact) mass is 382 g/mol. The molecule has 0 bridgehead atoms. The van der Waals surface area contributed by atoms with Crippen LogP contribution in [0.15, 0.2) is 24.3 Å². The third-order valence-corrected chi connectivity index (χ3v) is 8.10. The van der Waals surface area contributed by atoms with Crippen LogP contribution in [0.2, 0.25) is 0 Å². The molecule has 0 aromatic heterocycles. The van der Waals surface area contributed by atoms with E-state index in [0.717, 1.165) is 23.7 Å². The van der Waals surface area contributed by atoms with Gasteiger partial charge >= 0.3 is 0 Å². The summed E-state index contributed by atoms with van der Waals surface area (Å²) in [5, 5.41) is 0. The third kappa shape index (κ3) is 6.93. The molecule has 2 fully saturated rings. The maximum absolute atomic E-state index is 2.40. The Morgan fingerprint density at radius 1 is 0.571 bits per heavy atom. The van der Waals surface area contributed by atoms with Crippen molar-refractivity contribution in [3.05, 3.63) is 35.4 Å². The van der Waals surface area contributed by atoms with E-state index in [-0.39, 0.29) is 0 Å². The zero-order chi connectivity index (χ0) is 19.6. The molecular weight excluding hydrogens is 336 g/mol. The fourth-order valence-corrected chi connectivity index (χ4v) is 6.01. The first kappa shape index (κ1) is 21.9. The number of rotatable bonds is 10. The van der Waals surface area contributed by atoms with Crippen molar-refractivity contribution in [3.8, 4) is 0 Å². The lowest BCUT2D eigenvalue weighted by Gasteiger charge is -2.38. The molecule has 0 atom stereocenters. The maximum Gasteiger partial charge on any atom is -0.0276 e. The van der Waals surface area contributed by atoms with Gasteiger partial charge in [0.05, 0.1) is 0 Å². The van der Waals surface area contributed by atoms with Crippen LogP contribution in [0.1, 0.15) is 115 Å². The van der Waals surface area contributed by atoms with Crippen molar-refractivity contribution in [2.45, 2.75) is 117 Å². The fraction of sp³-hybridized carbons (Fsp3) is 0.786. The van der Waals surface area contributed by atoms with Gasteiger partial charge in [-0.1, -0.05) is 89.5 Å². The molecule has 3 rings (SSSR count). The molecule has 0 spiro atoms. The predicted molar refractivity (Wildman–Crippen MR) is 124 cm³/mol. The molecular formula is C28H46. The van der Waals surface area contributed by atoms with Gasteiger partial charge in [-0.25, -0.2) is 0 Å². The Kier molecular flexibility index (Phi) is 9.42. The lowest BCUT2D eigenvalue weighted by molar-refractivity contribution is 0.140. The van der Waals surface area contributed by atoms with Crippen LogP contribution < -0.4 is 0 Å². The smallest absolute Gasteiger partial charge is 0.0276 e. The molecule has 0 saturated heterocycles. The topological polar surface area (TPSA) is 0 Å². The van der Waals surface area contributed by atoms with Gasteiger partial charge in [0.2, 0.25) is 0 Å². The molecule has 1 aromatic rings. The average molecular weight is 383 g/mol. The largest absolute Gasteiger partial charge is 0.0654 e. The highest BCUT2D eigenvalue weighted by Gasteiger charge is 2.30. The van der Waals surface area contributed by atoms with Crippen LogP contribution >= 0.6 is 0 Å². The normalized spacial score (nSPS) is 28.4. The Balaban J connectivity index is 1.32. The van der Waals surface area contributed by atoms with E-state index in [2.05, 4.69) is 38.1 Å². The van der Waals surface area contributed by atoms with Crippen LogP contribution in [0, 0.1) is 23.7 Å². The molecule has 0 amide bonds. The molecule has 0 heterocycles. The number of hydrogen-bond acceptors (Lipinski definition) is 0. The van der Waals surface area contributed by atoms with Gasteiger partial charge in [0.15, 0.2) is 0 Å². The highest BCUT2D eigenvalue weighted by molar-refractivity contribution is 5.22. The first-order chi connectivity index (χ1) is 13.8. The van der Waals surface area contributed by atoms with Crippen molar-refractivity contribution in [2.24, 2.45) is 23.7 Å². The molecule has 0 radical (unpaired) electrons. The summed E-state index contributed by atoms with van der Waals surface area (Å²) < 4.78 is 0.